The Kier molecular flexibility index (Phi) is 7.62. The van der Waals surface area contributed by atoms with Crippen LogP contribution in [-0.2, 0) is 18.9 Å². The lowest BCUT2D eigenvalue weighted by atomic mass is 9.98. The van der Waals surface area contributed by atoms with Crippen LogP contribution in [0.4, 0.5) is 0 Å². The van der Waals surface area contributed by atoms with E-state index in [0.29, 0.717) is 12.5 Å². The normalized spacial score (nSPS) is 30.3. The van der Waals surface area contributed by atoms with E-state index in [2.05, 4.69) is 41.5 Å². The number of ether oxygens (including phenoxy) is 4. The molecule has 1 aliphatic rings. The second-order valence-corrected chi connectivity index (χ2v) is 7.06. The first-order chi connectivity index (χ1) is 9.72. The first-order valence-corrected chi connectivity index (χ1v) is 8.30. The first-order valence-electron chi connectivity index (χ1n) is 8.30. The highest BCUT2D eigenvalue weighted by Crippen LogP contribution is 2.32. The average Bonchev–Trinajstić information content (AvgIpc) is 2.64. The maximum Gasteiger partial charge on any atom is 0.115 e. The molecule has 1 saturated heterocycles. The third-order valence-electron chi connectivity index (χ3n) is 3.46. The zero-order valence-corrected chi connectivity index (χ0v) is 15.0. The van der Waals surface area contributed by atoms with E-state index in [1.54, 1.807) is 0 Å². The highest BCUT2D eigenvalue weighted by Gasteiger charge is 2.48. The van der Waals surface area contributed by atoms with Crippen molar-refractivity contribution in [2.45, 2.75) is 98.1 Å². The van der Waals surface area contributed by atoms with Crippen LogP contribution in [0, 0.1) is 5.92 Å². The van der Waals surface area contributed by atoms with Crippen LogP contribution in [-0.4, -0.2) is 49.3 Å². The molecule has 0 aromatic carbocycles. The molecule has 0 aliphatic carbocycles. The first kappa shape index (κ1) is 18.9. The van der Waals surface area contributed by atoms with Gasteiger partial charge in [0.15, 0.2) is 0 Å². The molecule has 126 valence electrons. The van der Waals surface area contributed by atoms with Crippen LogP contribution in [0.5, 0.6) is 0 Å². The molecular weight excluding hydrogens is 268 g/mol. The highest BCUT2D eigenvalue weighted by molar-refractivity contribution is 4.95. The van der Waals surface area contributed by atoms with E-state index in [1.807, 2.05) is 13.8 Å². The zero-order valence-electron chi connectivity index (χ0n) is 15.0. The molecular formula is C17H34O4. The maximum atomic E-state index is 6.23. The minimum absolute atomic E-state index is 0.0341. The van der Waals surface area contributed by atoms with Gasteiger partial charge in [-0.25, -0.2) is 0 Å². The van der Waals surface area contributed by atoms with Gasteiger partial charge in [-0.15, -0.1) is 0 Å². The summed E-state index contributed by atoms with van der Waals surface area (Å²) < 4.78 is 24.2. The molecule has 4 atom stereocenters. The summed E-state index contributed by atoms with van der Waals surface area (Å²) in [7, 11) is 0. The molecule has 0 aromatic heterocycles. The Labute approximate surface area is 130 Å². The van der Waals surface area contributed by atoms with E-state index in [9.17, 15) is 0 Å². The van der Waals surface area contributed by atoms with Gasteiger partial charge in [-0.2, -0.15) is 0 Å². The summed E-state index contributed by atoms with van der Waals surface area (Å²) in [5.74, 6) is 0.385. The van der Waals surface area contributed by atoms with Gasteiger partial charge in [-0.1, -0.05) is 13.8 Å². The molecule has 0 saturated carbocycles. The molecule has 21 heavy (non-hydrogen) atoms. The van der Waals surface area contributed by atoms with Crippen LogP contribution in [0.25, 0.3) is 0 Å². The Morgan fingerprint density at radius 2 is 1.29 bits per heavy atom. The Morgan fingerprint density at radius 3 is 1.71 bits per heavy atom. The molecule has 4 nitrogen and oxygen atoms in total. The zero-order chi connectivity index (χ0) is 16.2. The van der Waals surface area contributed by atoms with Crippen molar-refractivity contribution in [3.05, 3.63) is 0 Å². The Hall–Kier alpha value is -0.160. The van der Waals surface area contributed by atoms with Gasteiger partial charge in [0, 0.05) is 0 Å². The third kappa shape index (κ3) is 5.85. The standard InChI is InChI=1S/C17H34O4/c1-10(2)15-17(20-13(7)8)16(19-12(5)6)14(21-15)9-18-11(3)4/h10-17H,9H2,1-8H3/t14-,15+,16?,17-/m1/s1. The fraction of sp³-hybridized carbons (Fsp3) is 1.00. The van der Waals surface area contributed by atoms with E-state index < -0.39 is 0 Å². The van der Waals surface area contributed by atoms with Crippen molar-refractivity contribution in [2.75, 3.05) is 6.61 Å². The average molecular weight is 302 g/mol. The van der Waals surface area contributed by atoms with Gasteiger partial charge in [-0.05, 0) is 47.5 Å². The van der Waals surface area contributed by atoms with Gasteiger partial charge >= 0.3 is 0 Å². The Morgan fingerprint density at radius 1 is 0.762 bits per heavy atom. The van der Waals surface area contributed by atoms with Crippen molar-refractivity contribution < 1.29 is 18.9 Å². The van der Waals surface area contributed by atoms with Crippen molar-refractivity contribution in [1.82, 2.24) is 0 Å². The predicted octanol–water partition coefficient (Wildman–Crippen LogP) is 3.42. The lowest BCUT2D eigenvalue weighted by molar-refractivity contribution is -0.113. The molecule has 1 unspecified atom stereocenters. The van der Waals surface area contributed by atoms with Crippen molar-refractivity contribution in [1.29, 1.82) is 0 Å². The molecule has 1 fully saturated rings. The van der Waals surface area contributed by atoms with Crippen LogP contribution in [0.15, 0.2) is 0 Å². The molecule has 0 radical (unpaired) electrons. The van der Waals surface area contributed by atoms with E-state index in [0.717, 1.165) is 0 Å². The maximum absolute atomic E-state index is 6.23. The molecule has 0 amide bonds. The van der Waals surface area contributed by atoms with E-state index in [1.165, 1.54) is 0 Å². The molecule has 0 aromatic rings. The van der Waals surface area contributed by atoms with Crippen LogP contribution < -0.4 is 0 Å². The monoisotopic (exact) mass is 302 g/mol. The Balaban J connectivity index is 2.85. The van der Waals surface area contributed by atoms with E-state index >= 15 is 0 Å². The van der Waals surface area contributed by atoms with Crippen molar-refractivity contribution >= 4 is 0 Å². The number of hydrogen-bond acceptors (Lipinski definition) is 4. The topological polar surface area (TPSA) is 36.9 Å². The second-order valence-electron chi connectivity index (χ2n) is 7.06. The second kappa shape index (κ2) is 8.47. The summed E-state index contributed by atoms with van der Waals surface area (Å²) >= 11 is 0. The summed E-state index contributed by atoms with van der Waals surface area (Å²) in [6.45, 7) is 17.2. The van der Waals surface area contributed by atoms with Gasteiger partial charge < -0.3 is 18.9 Å². The molecule has 1 aliphatic heterocycles. The smallest absolute Gasteiger partial charge is 0.115 e. The summed E-state index contributed by atoms with van der Waals surface area (Å²) in [4.78, 5) is 0. The predicted molar refractivity (Wildman–Crippen MR) is 84.6 cm³/mol. The van der Waals surface area contributed by atoms with Crippen LogP contribution >= 0.6 is 0 Å². The fourth-order valence-electron chi connectivity index (χ4n) is 2.66. The van der Waals surface area contributed by atoms with Crippen molar-refractivity contribution in [2.24, 2.45) is 5.92 Å². The van der Waals surface area contributed by atoms with Crippen LogP contribution in [0.3, 0.4) is 0 Å². The van der Waals surface area contributed by atoms with Crippen LogP contribution in [0.1, 0.15) is 55.4 Å². The van der Waals surface area contributed by atoms with Gasteiger partial charge in [0.1, 0.15) is 18.3 Å². The van der Waals surface area contributed by atoms with Crippen molar-refractivity contribution in [3.63, 3.8) is 0 Å². The molecule has 4 heteroatoms. The van der Waals surface area contributed by atoms with Gasteiger partial charge in [0.25, 0.3) is 0 Å². The summed E-state index contributed by atoms with van der Waals surface area (Å²) in [5, 5.41) is 0. The van der Waals surface area contributed by atoms with Crippen LogP contribution in [0.2, 0.25) is 0 Å². The minimum atomic E-state index is -0.0708. The Bertz CT molecular complexity index is 289. The number of rotatable bonds is 8. The number of hydrogen-bond donors (Lipinski definition) is 0. The third-order valence-corrected chi connectivity index (χ3v) is 3.46. The van der Waals surface area contributed by atoms with Gasteiger partial charge in [-0.3, -0.25) is 0 Å². The summed E-state index contributed by atoms with van der Waals surface area (Å²) in [6.07, 6.45) is 0.373. The SMILES string of the molecule is CC(C)OC[C@H]1O[C@@H](C(C)C)[C@@H](OC(C)C)C1OC(C)C. The van der Waals surface area contributed by atoms with Gasteiger partial charge in [0.2, 0.25) is 0 Å². The van der Waals surface area contributed by atoms with E-state index in [-0.39, 0.29) is 42.7 Å². The quantitative estimate of drug-likeness (QED) is 0.688. The molecule has 1 heterocycles. The highest BCUT2D eigenvalue weighted by atomic mass is 16.6. The lowest BCUT2D eigenvalue weighted by Gasteiger charge is -2.29. The van der Waals surface area contributed by atoms with Crippen molar-refractivity contribution in [3.8, 4) is 0 Å². The fourth-order valence-corrected chi connectivity index (χ4v) is 2.66. The largest absolute Gasteiger partial charge is 0.376 e. The minimum Gasteiger partial charge on any atom is -0.376 e. The summed E-state index contributed by atoms with van der Waals surface area (Å²) in [6, 6.07) is 0. The van der Waals surface area contributed by atoms with E-state index in [4.69, 9.17) is 18.9 Å². The summed E-state index contributed by atoms with van der Waals surface area (Å²) in [5.41, 5.74) is 0. The lowest BCUT2D eigenvalue weighted by Crippen LogP contribution is -2.43. The van der Waals surface area contributed by atoms with Gasteiger partial charge in [0.05, 0.1) is 31.0 Å². The molecule has 0 spiro atoms. The molecule has 0 N–H and O–H groups in total. The molecule has 0 bridgehead atoms. The molecule has 1 rings (SSSR count).